The van der Waals surface area contributed by atoms with E-state index < -0.39 is 17.1 Å². The van der Waals surface area contributed by atoms with Crippen molar-refractivity contribution in [2.45, 2.75) is 38.3 Å². The predicted molar refractivity (Wildman–Crippen MR) is 61.5 cm³/mol. The van der Waals surface area contributed by atoms with Crippen molar-refractivity contribution < 1.29 is 19.4 Å². The van der Waals surface area contributed by atoms with Crippen LogP contribution in [0.5, 0.6) is 0 Å². The van der Waals surface area contributed by atoms with Crippen LogP contribution in [0.25, 0.3) is 0 Å². The summed E-state index contributed by atoms with van der Waals surface area (Å²) in [4.78, 5) is 23.9. The van der Waals surface area contributed by atoms with Crippen LogP contribution >= 0.6 is 0 Å². The van der Waals surface area contributed by atoms with E-state index in [2.05, 4.69) is 0 Å². The van der Waals surface area contributed by atoms with E-state index in [0.717, 1.165) is 0 Å². The highest BCUT2D eigenvalue weighted by molar-refractivity contribution is 5.86. The van der Waals surface area contributed by atoms with Crippen LogP contribution in [0.3, 0.4) is 0 Å². The van der Waals surface area contributed by atoms with E-state index in [0.29, 0.717) is 19.5 Å². The third-order valence-corrected chi connectivity index (χ3v) is 3.10. The van der Waals surface area contributed by atoms with Crippen molar-refractivity contribution in [1.29, 1.82) is 0 Å². The number of hydrogen-bond donors (Lipinski definition) is 2. The number of amides is 1. The second-order valence-corrected chi connectivity index (χ2v) is 5.06. The molecule has 0 aromatic carbocycles. The topological polar surface area (TPSA) is 92.9 Å². The third-order valence-electron chi connectivity index (χ3n) is 3.10. The normalized spacial score (nSPS) is 21.5. The van der Waals surface area contributed by atoms with E-state index in [1.54, 1.807) is 18.7 Å². The molecule has 0 bridgehead atoms. The molecule has 1 amide bonds. The maximum absolute atomic E-state index is 11.9. The first-order valence-electron chi connectivity index (χ1n) is 5.64. The molecule has 1 aliphatic rings. The molecule has 1 atom stereocenters. The lowest BCUT2D eigenvalue weighted by atomic mass is 9.91. The van der Waals surface area contributed by atoms with Gasteiger partial charge in [-0.25, -0.2) is 4.79 Å². The zero-order chi connectivity index (χ0) is 13.3. The van der Waals surface area contributed by atoms with E-state index in [9.17, 15) is 9.59 Å². The summed E-state index contributed by atoms with van der Waals surface area (Å²) < 4.78 is 5.22. The SMILES string of the molecule is CCC(C)(N)C(=O)N1CC(C)(OCC(=O)O)C1. The van der Waals surface area contributed by atoms with Crippen molar-refractivity contribution in [2.24, 2.45) is 5.73 Å². The molecule has 98 valence electrons. The molecule has 0 aromatic heterocycles. The van der Waals surface area contributed by atoms with Gasteiger partial charge in [-0.15, -0.1) is 0 Å². The summed E-state index contributed by atoms with van der Waals surface area (Å²) in [5.41, 5.74) is 4.44. The minimum absolute atomic E-state index is 0.114. The Morgan fingerprint density at radius 1 is 1.53 bits per heavy atom. The lowest BCUT2D eigenvalue weighted by molar-refractivity contribution is -0.176. The fraction of sp³-hybridized carbons (Fsp3) is 0.818. The molecule has 1 unspecified atom stereocenters. The number of nitrogens with zero attached hydrogens (tertiary/aromatic N) is 1. The molecule has 1 rings (SSSR count). The average molecular weight is 244 g/mol. The number of carboxylic acid groups (broad SMARTS) is 1. The van der Waals surface area contributed by atoms with Crippen molar-refractivity contribution in [1.82, 2.24) is 4.90 Å². The summed E-state index contributed by atoms with van der Waals surface area (Å²) >= 11 is 0. The van der Waals surface area contributed by atoms with Gasteiger partial charge in [0, 0.05) is 0 Å². The van der Waals surface area contributed by atoms with Gasteiger partial charge in [-0.05, 0) is 20.3 Å². The smallest absolute Gasteiger partial charge is 0.329 e. The minimum atomic E-state index is -1.01. The summed E-state index contributed by atoms with van der Waals surface area (Å²) in [5.74, 6) is -1.12. The number of carbonyl (C=O) groups is 2. The van der Waals surface area contributed by atoms with Crippen molar-refractivity contribution in [3.63, 3.8) is 0 Å². The molecule has 0 aromatic rings. The molecule has 0 saturated carbocycles. The van der Waals surface area contributed by atoms with E-state index >= 15 is 0 Å². The van der Waals surface area contributed by atoms with Gasteiger partial charge in [0.25, 0.3) is 0 Å². The van der Waals surface area contributed by atoms with E-state index in [4.69, 9.17) is 15.6 Å². The average Bonchev–Trinajstić information content (AvgIpc) is 2.21. The first-order valence-corrected chi connectivity index (χ1v) is 5.64. The molecule has 0 spiro atoms. The summed E-state index contributed by atoms with van der Waals surface area (Å²) in [6.45, 7) is 5.80. The number of ether oxygens (including phenoxy) is 1. The molecule has 1 saturated heterocycles. The van der Waals surface area contributed by atoms with Gasteiger partial charge in [-0.3, -0.25) is 4.79 Å². The summed E-state index contributed by atoms with van der Waals surface area (Å²) in [5, 5.41) is 8.51. The number of carbonyl (C=O) groups excluding carboxylic acids is 1. The van der Waals surface area contributed by atoms with Gasteiger partial charge in [-0.1, -0.05) is 6.92 Å². The third kappa shape index (κ3) is 3.17. The number of rotatable bonds is 5. The Kier molecular flexibility index (Phi) is 3.78. The van der Waals surface area contributed by atoms with Crippen LogP contribution in [0.2, 0.25) is 0 Å². The number of hydrogen-bond acceptors (Lipinski definition) is 4. The zero-order valence-electron chi connectivity index (χ0n) is 10.5. The largest absolute Gasteiger partial charge is 0.480 e. The molecule has 1 heterocycles. The highest BCUT2D eigenvalue weighted by Gasteiger charge is 2.46. The summed E-state index contributed by atoms with van der Waals surface area (Å²) in [7, 11) is 0. The van der Waals surface area contributed by atoms with Gasteiger partial charge in [0.15, 0.2) is 0 Å². The Balaban J connectivity index is 2.45. The highest BCUT2D eigenvalue weighted by atomic mass is 16.5. The number of carboxylic acids is 1. The van der Waals surface area contributed by atoms with Crippen molar-refractivity contribution in [3.05, 3.63) is 0 Å². The number of nitrogens with two attached hydrogens (primary N) is 1. The molecule has 6 heteroatoms. The van der Waals surface area contributed by atoms with Crippen LogP contribution in [-0.4, -0.2) is 52.7 Å². The fourth-order valence-electron chi connectivity index (χ4n) is 1.74. The first kappa shape index (κ1) is 13.9. The Hall–Kier alpha value is -1.14. The Bertz CT molecular complexity index is 321. The molecule has 0 aliphatic carbocycles. The fourth-order valence-corrected chi connectivity index (χ4v) is 1.74. The van der Waals surface area contributed by atoms with Crippen LogP contribution in [0.4, 0.5) is 0 Å². The minimum Gasteiger partial charge on any atom is -0.480 e. The summed E-state index contributed by atoms with van der Waals surface area (Å²) in [6.07, 6.45) is 0.565. The molecule has 3 N–H and O–H groups in total. The maximum Gasteiger partial charge on any atom is 0.329 e. The monoisotopic (exact) mass is 244 g/mol. The molecule has 6 nitrogen and oxygen atoms in total. The predicted octanol–water partition coefficient (Wildman–Crippen LogP) is -0.184. The standard InChI is InChI=1S/C11H20N2O4/c1-4-11(3,12)9(16)13-6-10(2,7-13)17-5-8(14)15/h4-7,12H2,1-3H3,(H,14,15). The van der Waals surface area contributed by atoms with Gasteiger partial charge in [-0.2, -0.15) is 0 Å². The number of likely N-dealkylation sites (tertiary alicyclic amines) is 1. The number of aliphatic carboxylic acids is 1. The van der Waals surface area contributed by atoms with Crippen LogP contribution in [0, 0.1) is 0 Å². The quantitative estimate of drug-likeness (QED) is 0.699. The zero-order valence-corrected chi connectivity index (χ0v) is 10.5. The molecule has 0 radical (unpaired) electrons. The second-order valence-electron chi connectivity index (χ2n) is 5.06. The summed E-state index contributed by atoms with van der Waals surface area (Å²) in [6, 6.07) is 0. The van der Waals surface area contributed by atoms with E-state index in [-0.39, 0.29) is 12.5 Å². The highest BCUT2D eigenvalue weighted by Crippen LogP contribution is 2.27. The first-order chi connectivity index (χ1) is 7.70. The molecule has 1 aliphatic heterocycles. The van der Waals surface area contributed by atoms with Gasteiger partial charge >= 0.3 is 5.97 Å². The van der Waals surface area contributed by atoms with E-state index in [1.807, 2.05) is 6.92 Å². The molecule has 17 heavy (non-hydrogen) atoms. The van der Waals surface area contributed by atoms with Crippen molar-refractivity contribution in [2.75, 3.05) is 19.7 Å². The Labute approximate surface area is 101 Å². The van der Waals surface area contributed by atoms with Gasteiger partial charge in [0.05, 0.1) is 18.6 Å². The van der Waals surface area contributed by atoms with Gasteiger partial charge < -0.3 is 20.5 Å². The van der Waals surface area contributed by atoms with Crippen LogP contribution in [-0.2, 0) is 14.3 Å². The van der Waals surface area contributed by atoms with Crippen LogP contribution in [0.1, 0.15) is 27.2 Å². The lowest BCUT2D eigenvalue weighted by Gasteiger charge is -2.49. The molecule has 1 fully saturated rings. The molecular formula is C11H20N2O4. The lowest BCUT2D eigenvalue weighted by Crippen LogP contribution is -2.68. The van der Waals surface area contributed by atoms with Crippen LogP contribution in [0.15, 0.2) is 0 Å². The van der Waals surface area contributed by atoms with Gasteiger partial charge in [0.1, 0.15) is 12.2 Å². The van der Waals surface area contributed by atoms with Crippen molar-refractivity contribution in [3.8, 4) is 0 Å². The van der Waals surface area contributed by atoms with Crippen LogP contribution < -0.4 is 5.73 Å². The van der Waals surface area contributed by atoms with E-state index in [1.165, 1.54) is 0 Å². The second kappa shape index (κ2) is 4.62. The maximum atomic E-state index is 11.9. The molecular weight excluding hydrogens is 224 g/mol. The Morgan fingerprint density at radius 3 is 2.47 bits per heavy atom. The van der Waals surface area contributed by atoms with Crippen molar-refractivity contribution >= 4 is 11.9 Å². The Morgan fingerprint density at radius 2 is 2.06 bits per heavy atom. The van der Waals surface area contributed by atoms with Gasteiger partial charge in [0.2, 0.25) is 5.91 Å².